The summed E-state index contributed by atoms with van der Waals surface area (Å²) in [5, 5.41) is 12.3. The van der Waals surface area contributed by atoms with E-state index in [2.05, 4.69) is 15.5 Å². The molecule has 4 aliphatic rings. The molecule has 4 saturated carbocycles. The van der Waals surface area contributed by atoms with Gasteiger partial charge in [0.15, 0.2) is 5.16 Å². The van der Waals surface area contributed by atoms with Crippen LogP contribution in [0.25, 0.3) is 0 Å². The van der Waals surface area contributed by atoms with E-state index in [9.17, 15) is 9.18 Å². The van der Waals surface area contributed by atoms with Crippen molar-refractivity contribution in [3.05, 3.63) is 34.9 Å². The van der Waals surface area contributed by atoms with Crippen LogP contribution in [0.15, 0.2) is 23.4 Å². The van der Waals surface area contributed by atoms with Crippen LogP contribution in [-0.2, 0) is 18.3 Å². The van der Waals surface area contributed by atoms with Gasteiger partial charge in [-0.25, -0.2) is 4.39 Å². The number of halogens is 2. The van der Waals surface area contributed by atoms with E-state index in [1.54, 1.807) is 0 Å². The molecule has 160 valence electrons. The number of benzene rings is 1. The van der Waals surface area contributed by atoms with Gasteiger partial charge in [0.05, 0.1) is 10.8 Å². The van der Waals surface area contributed by atoms with Crippen LogP contribution in [-0.4, -0.2) is 26.4 Å². The Labute approximate surface area is 185 Å². The van der Waals surface area contributed by atoms with Gasteiger partial charge in [-0.3, -0.25) is 4.79 Å². The van der Waals surface area contributed by atoms with Crippen LogP contribution in [0.4, 0.5) is 10.1 Å². The number of anilines is 1. The van der Waals surface area contributed by atoms with Crippen molar-refractivity contribution >= 4 is 35.0 Å². The van der Waals surface area contributed by atoms with Gasteiger partial charge in [0.25, 0.3) is 0 Å². The van der Waals surface area contributed by atoms with Crippen molar-refractivity contribution in [2.24, 2.45) is 30.2 Å². The first kappa shape index (κ1) is 20.3. The van der Waals surface area contributed by atoms with Crippen LogP contribution < -0.4 is 5.32 Å². The number of thioether (sulfide) groups is 1. The lowest BCUT2D eigenvalue weighted by atomic mass is 9.49. The number of rotatable bonds is 6. The first-order chi connectivity index (χ1) is 14.4. The van der Waals surface area contributed by atoms with Gasteiger partial charge in [-0.05, 0) is 79.9 Å². The van der Waals surface area contributed by atoms with Crippen LogP contribution >= 0.6 is 23.4 Å². The number of nitrogens with one attached hydrogen (secondary N) is 1. The topological polar surface area (TPSA) is 59.8 Å². The molecule has 1 heterocycles. The number of hydrogen-bond acceptors (Lipinski definition) is 4. The maximum absolute atomic E-state index is 13.3. The Hall–Kier alpha value is -1.60. The average molecular weight is 449 g/mol. The smallest absolute Gasteiger partial charge is 0.234 e. The predicted molar refractivity (Wildman–Crippen MR) is 116 cm³/mol. The standard InChI is InChI=1S/C22H26ClFN4OS/c1-28-19(11-22-8-13-4-14(9-22)6-15(5-13)10-22)26-27-21(28)30-12-20(29)25-16-2-3-18(24)17(23)7-16/h2-3,7,13-15H,4-6,8-12H2,1H3,(H,25,29). The second-order valence-electron chi connectivity index (χ2n) is 9.52. The minimum atomic E-state index is -0.505. The van der Waals surface area contributed by atoms with Crippen LogP contribution in [0.1, 0.15) is 44.3 Å². The zero-order valence-corrected chi connectivity index (χ0v) is 18.6. The van der Waals surface area contributed by atoms with E-state index in [0.29, 0.717) is 11.1 Å². The number of amides is 1. The fourth-order valence-corrected chi connectivity index (χ4v) is 7.28. The molecular weight excluding hydrogens is 423 g/mol. The molecule has 6 rings (SSSR count). The van der Waals surface area contributed by atoms with Gasteiger partial charge in [0, 0.05) is 19.2 Å². The Kier molecular flexibility index (Phi) is 5.30. The summed E-state index contributed by atoms with van der Waals surface area (Å²) in [4.78, 5) is 12.3. The minimum Gasteiger partial charge on any atom is -0.325 e. The first-order valence-corrected chi connectivity index (χ1v) is 12.0. The molecule has 4 fully saturated rings. The van der Waals surface area contributed by atoms with Gasteiger partial charge in [0.2, 0.25) is 5.91 Å². The Balaban J connectivity index is 1.20. The zero-order valence-electron chi connectivity index (χ0n) is 17.0. The summed E-state index contributed by atoms with van der Waals surface area (Å²) < 4.78 is 15.3. The normalized spacial score (nSPS) is 29.4. The van der Waals surface area contributed by atoms with Gasteiger partial charge in [-0.1, -0.05) is 23.4 Å². The Morgan fingerprint density at radius 1 is 1.23 bits per heavy atom. The van der Waals surface area contributed by atoms with Crippen molar-refractivity contribution < 1.29 is 9.18 Å². The van der Waals surface area contributed by atoms with Gasteiger partial charge < -0.3 is 9.88 Å². The Bertz CT molecular complexity index is 943. The summed E-state index contributed by atoms with van der Waals surface area (Å²) in [6.45, 7) is 0. The SMILES string of the molecule is Cn1c(CC23CC4CC(CC(C4)C2)C3)nnc1SCC(=O)Nc1ccc(F)c(Cl)c1. The minimum absolute atomic E-state index is 0.0110. The molecule has 1 aromatic carbocycles. The number of carbonyl (C=O) groups excluding carboxylic acids is 1. The summed E-state index contributed by atoms with van der Waals surface area (Å²) >= 11 is 7.13. The largest absolute Gasteiger partial charge is 0.325 e. The average Bonchev–Trinajstić information content (AvgIpc) is 3.01. The third kappa shape index (κ3) is 3.98. The first-order valence-electron chi connectivity index (χ1n) is 10.7. The van der Waals surface area contributed by atoms with Crippen molar-refractivity contribution in [2.75, 3.05) is 11.1 Å². The molecule has 0 atom stereocenters. The van der Waals surface area contributed by atoms with Gasteiger partial charge in [0.1, 0.15) is 11.6 Å². The monoisotopic (exact) mass is 448 g/mol. The molecule has 30 heavy (non-hydrogen) atoms. The summed E-state index contributed by atoms with van der Waals surface area (Å²) in [5.74, 6) is 3.30. The highest BCUT2D eigenvalue weighted by Gasteiger charge is 2.51. The molecule has 2 aromatic rings. The highest BCUT2D eigenvalue weighted by molar-refractivity contribution is 7.99. The van der Waals surface area contributed by atoms with Crippen LogP contribution in [0, 0.1) is 29.0 Å². The number of carbonyl (C=O) groups is 1. The van der Waals surface area contributed by atoms with Crippen molar-refractivity contribution in [1.82, 2.24) is 14.8 Å². The molecule has 5 nitrogen and oxygen atoms in total. The van der Waals surface area contributed by atoms with Crippen LogP contribution in [0.5, 0.6) is 0 Å². The summed E-state index contributed by atoms with van der Waals surface area (Å²) in [5.41, 5.74) is 0.893. The quantitative estimate of drug-likeness (QED) is 0.625. The highest BCUT2D eigenvalue weighted by atomic mass is 35.5. The Morgan fingerprint density at radius 3 is 2.53 bits per heavy atom. The summed E-state index contributed by atoms with van der Waals surface area (Å²) in [6.07, 6.45) is 9.35. The zero-order chi connectivity index (χ0) is 20.9. The molecule has 0 unspecified atom stereocenters. The van der Waals surface area contributed by atoms with E-state index in [4.69, 9.17) is 11.6 Å². The van der Waals surface area contributed by atoms with Crippen LogP contribution in [0.3, 0.4) is 0 Å². The van der Waals surface area contributed by atoms with E-state index in [1.165, 1.54) is 68.5 Å². The van der Waals surface area contributed by atoms with Gasteiger partial charge in [-0.15, -0.1) is 10.2 Å². The summed E-state index contributed by atoms with van der Waals surface area (Å²) in [7, 11) is 2.00. The molecule has 4 aliphatic carbocycles. The lowest BCUT2D eigenvalue weighted by Gasteiger charge is -2.56. The fourth-order valence-electron chi connectivity index (χ4n) is 6.37. The molecule has 0 saturated heterocycles. The van der Waals surface area contributed by atoms with Gasteiger partial charge >= 0.3 is 0 Å². The summed E-state index contributed by atoms with van der Waals surface area (Å²) in [6, 6.07) is 4.14. The maximum atomic E-state index is 13.3. The molecule has 1 N–H and O–H groups in total. The van der Waals surface area contributed by atoms with Crippen LogP contribution in [0.2, 0.25) is 5.02 Å². The number of nitrogens with zero attached hydrogens (tertiary/aromatic N) is 3. The molecule has 4 bridgehead atoms. The van der Waals surface area contributed by atoms with E-state index in [0.717, 1.165) is 35.2 Å². The lowest BCUT2D eigenvalue weighted by Crippen LogP contribution is -2.47. The van der Waals surface area contributed by atoms with Crippen molar-refractivity contribution in [3.8, 4) is 0 Å². The van der Waals surface area contributed by atoms with Gasteiger partial charge in [-0.2, -0.15) is 0 Å². The fraction of sp³-hybridized carbons (Fsp3) is 0.591. The van der Waals surface area contributed by atoms with E-state index < -0.39 is 5.82 Å². The van der Waals surface area contributed by atoms with E-state index >= 15 is 0 Å². The second kappa shape index (κ2) is 7.83. The second-order valence-corrected chi connectivity index (χ2v) is 10.9. The van der Waals surface area contributed by atoms with Crippen molar-refractivity contribution in [3.63, 3.8) is 0 Å². The van der Waals surface area contributed by atoms with Crippen molar-refractivity contribution in [1.29, 1.82) is 0 Å². The third-order valence-electron chi connectivity index (χ3n) is 7.16. The number of aromatic nitrogens is 3. The maximum Gasteiger partial charge on any atom is 0.234 e. The molecule has 0 radical (unpaired) electrons. The molecule has 0 aliphatic heterocycles. The lowest BCUT2D eigenvalue weighted by molar-refractivity contribution is -0.113. The third-order valence-corrected chi connectivity index (χ3v) is 8.47. The molecule has 8 heteroatoms. The van der Waals surface area contributed by atoms with E-state index in [-0.39, 0.29) is 16.7 Å². The van der Waals surface area contributed by atoms with Crippen molar-refractivity contribution in [2.45, 2.75) is 50.1 Å². The molecule has 1 amide bonds. The molecular formula is C22H26ClFN4OS. The van der Waals surface area contributed by atoms with E-state index in [1.807, 2.05) is 11.6 Å². The number of hydrogen-bond donors (Lipinski definition) is 1. The highest BCUT2D eigenvalue weighted by Crippen LogP contribution is 2.60. The Morgan fingerprint density at radius 2 is 1.90 bits per heavy atom. The predicted octanol–water partition coefficient (Wildman–Crippen LogP) is 5.10. The molecule has 1 aromatic heterocycles. The molecule has 0 spiro atoms.